The van der Waals surface area contributed by atoms with Gasteiger partial charge in [0.2, 0.25) is 0 Å². The average molecular weight is 285 g/mol. The number of ether oxygens (including phenoxy) is 2. The van der Waals surface area contributed by atoms with Crippen LogP contribution in [0.15, 0.2) is 25.3 Å². The van der Waals surface area contributed by atoms with E-state index in [4.69, 9.17) is 14.6 Å². The predicted molar refractivity (Wildman–Crippen MR) is 71.1 cm³/mol. The summed E-state index contributed by atoms with van der Waals surface area (Å²) in [6.07, 6.45) is 0.884. The van der Waals surface area contributed by atoms with Crippen LogP contribution in [0.5, 0.6) is 0 Å². The first-order chi connectivity index (χ1) is 9.38. The Bertz CT molecular complexity index is 379. The van der Waals surface area contributed by atoms with Crippen LogP contribution in [0.2, 0.25) is 0 Å². The lowest BCUT2D eigenvalue weighted by molar-refractivity contribution is -0.142. The molecule has 1 amide bonds. The van der Waals surface area contributed by atoms with Crippen molar-refractivity contribution in [2.75, 3.05) is 6.61 Å². The third-order valence-corrected chi connectivity index (χ3v) is 2.31. The van der Waals surface area contributed by atoms with E-state index in [1.165, 1.54) is 0 Å². The molecule has 20 heavy (non-hydrogen) atoms. The number of esters is 2. The Labute approximate surface area is 117 Å². The van der Waals surface area contributed by atoms with Gasteiger partial charge in [0.1, 0.15) is 6.10 Å². The van der Waals surface area contributed by atoms with Crippen molar-refractivity contribution in [1.82, 2.24) is 5.32 Å². The number of carboxylic acid groups (broad SMARTS) is 1. The van der Waals surface area contributed by atoms with Crippen molar-refractivity contribution in [3.05, 3.63) is 25.3 Å². The summed E-state index contributed by atoms with van der Waals surface area (Å²) in [5.74, 6) is -1.16. The van der Waals surface area contributed by atoms with Crippen LogP contribution in [0.4, 0.5) is 4.79 Å². The van der Waals surface area contributed by atoms with E-state index in [2.05, 4.69) is 18.5 Å². The van der Waals surface area contributed by atoms with Crippen LogP contribution in [-0.2, 0) is 19.1 Å². The number of hydrogen-bond acceptors (Lipinski definition) is 5. The lowest BCUT2D eigenvalue weighted by Crippen LogP contribution is -2.37. The molecule has 0 aromatic carbocycles. The lowest BCUT2D eigenvalue weighted by Gasteiger charge is -2.20. The SMILES string of the molecule is C=CC(=O)OCCC(CC(C)OC(=O)C=C)NC(=O)O. The Balaban J connectivity index is 4.29. The van der Waals surface area contributed by atoms with Crippen LogP contribution in [0.3, 0.4) is 0 Å². The fourth-order valence-corrected chi connectivity index (χ4v) is 1.48. The van der Waals surface area contributed by atoms with Crippen LogP contribution >= 0.6 is 0 Å². The molecular formula is C13H19NO6. The molecule has 112 valence electrons. The first-order valence-electron chi connectivity index (χ1n) is 6.00. The molecule has 7 heteroatoms. The molecular weight excluding hydrogens is 266 g/mol. The van der Waals surface area contributed by atoms with Gasteiger partial charge >= 0.3 is 18.0 Å². The van der Waals surface area contributed by atoms with E-state index in [0.717, 1.165) is 12.2 Å². The number of hydrogen-bond donors (Lipinski definition) is 2. The second-order valence-electron chi connectivity index (χ2n) is 3.99. The Morgan fingerprint density at radius 1 is 1.25 bits per heavy atom. The zero-order valence-corrected chi connectivity index (χ0v) is 11.3. The number of rotatable bonds is 9. The summed E-state index contributed by atoms with van der Waals surface area (Å²) in [4.78, 5) is 32.5. The first-order valence-corrected chi connectivity index (χ1v) is 6.00. The molecule has 0 saturated heterocycles. The molecule has 0 heterocycles. The maximum atomic E-state index is 11.0. The fourth-order valence-electron chi connectivity index (χ4n) is 1.48. The van der Waals surface area contributed by atoms with Gasteiger partial charge in [-0.2, -0.15) is 0 Å². The van der Waals surface area contributed by atoms with Gasteiger partial charge in [-0.25, -0.2) is 14.4 Å². The molecule has 7 nitrogen and oxygen atoms in total. The summed E-state index contributed by atoms with van der Waals surface area (Å²) in [6.45, 7) is 8.19. The van der Waals surface area contributed by atoms with E-state index in [-0.39, 0.29) is 19.4 Å². The van der Waals surface area contributed by atoms with Gasteiger partial charge in [0.15, 0.2) is 0 Å². The molecule has 0 spiro atoms. The quantitative estimate of drug-likeness (QED) is 0.488. The van der Waals surface area contributed by atoms with Crippen LogP contribution < -0.4 is 5.32 Å². The summed E-state index contributed by atoms with van der Waals surface area (Å²) in [5.41, 5.74) is 0. The normalized spacial score (nSPS) is 12.7. The molecule has 0 aliphatic rings. The molecule has 2 atom stereocenters. The zero-order valence-electron chi connectivity index (χ0n) is 11.3. The lowest BCUT2D eigenvalue weighted by atomic mass is 10.1. The number of carbonyl (C=O) groups is 3. The van der Waals surface area contributed by atoms with Crippen molar-refractivity contribution in [2.45, 2.75) is 31.9 Å². The van der Waals surface area contributed by atoms with Crippen molar-refractivity contribution < 1.29 is 29.0 Å². The Hall–Kier alpha value is -2.31. The van der Waals surface area contributed by atoms with Gasteiger partial charge in [-0.05, 0) is 6.92 Å². The minimum Gasteiger partial charge on any atom is -0.465 e. The molecule has 2 unspecified atom stereocenters. The van der Waals surface area contributed by atoms with Crippen LogP contribution in [-0.4, -0.2) is 41.9 Å². The van der Waals surface area contributed by atoms with E-state index in [1.54, 1.807) is 6.92 Å². The highest BCUT2D eigenvalue weighted by Gasteiger charge is 2.18. The van der Waals surface area contributed by atoms with E-state index < -0.39 is 30.2 Å². The van der Waals surface area contributed by atoms with Crippen molar-refractivity contribution in [3.63, 3.8) is 0 Å². The van der Waals surface area contributed by atoms with Gasteiger partial charge in [0.25, 0.3) is 0 Å². The Morgan fingerprint density at radius 3 is 2.35 bits per heavy atom. The third-order valence-electron chi connectivity index (χ3n) is 2.31. The summed E-state index contributed by atoms with van der Waals surface area (Å²) in [6, 6.07) is -0.502. The van der Waals surface area contributed by atoms with Crippen LogP contribution in [0.25, 0.3) is 0 Å². The first kappa shape index (κ1) is 17.7. The van der Waals surface area contributed by atoms with E-state index in [9.17, 15) is 14.4 Å². The van der Waals surface area contributed by atoms with E-state index >= 15 is 0 Å². The molecule has 0 bridgehead atoms. The van der Waals surface area contributed by atoms with Gasteiger partial charge in [0.05, 0.1) is 6.61 Å². The molecule has 0 aliphatic carbocycles. The Kier molecular flexibility index (Phi) is 8.49. The van der Waals surface area contributed by atoms with Gasteiger partial charge in [-0.15, -0.1) is 0 Å². The highest BCUT2D eigenvalue weighted by Crippen LogP contribution is 2.07. The van der Waals surface area contributed by atoms with Crippen molar-refractivity contribution in [3.8, 4) is 0 Å². The molecule has 0 rings (SSSR count). The van der Waals surface area contributed by atoms with Gasteiger partial charge < -0.3 is 19.9 Å². The molecule has 0 aromatic rings. The highest BCUT2D eigenvalue weighted by molar-refractivity contribution is 5.81. The number of carbonyl (C=O) groups excluding carboxylic acids is 2. The van der Waals surface area contributed by atoms with Crippen LogP contribution in [0.1, 0.15) is 19.8 Å². The maximum Gasteiger partial charge on any atom is 0.404 e. The molecule has 0 radical (unpaired) electrons. The minimum absolute atomic E-state index is 0.0396. The zero-order chi connectivity index (χ0) is 15.5. The fraction of sp³-hybridized carbons (Fsp3) is 0.462. The minimum atomic E-state index is -1.20. The molecule has 0 aromatic heterocycles. The third kappa shape index (κ3) is 8.73. The van der Waals surface area contributed by atoms with Crippen molar-refractivity contribution in [2.24, 2.45) is 0 Å². The molecule has 2 N–H and O–H groups in total. The van der Waals surface area contributed by atoms with Gasteiger partial charge in [0, 0.05) is 31.0 Å². The Morgan fingerprint density at radius 2 is 1.85 bits per heavy atom. The average Bonchev–Trinajstić information content (AvgIpc) is 2.37. The largest absolute Gasteiger partial charge is 0.465 e. The summed E-state index contributed by atoms with van der Waals surface area (Å²) < 4.78 is 9.72. The highest BCUT2D eigenvalue weighted by atomic mass is 16.5. The topological polar surface area (TPSA) is 102 Å². The second-order valence-corrected chi connectivity index (χ2v) is 3.99. The molecule has 0 fully saturated rings. The van der Waals surface area contributed by atoms with Crippen molar-refractivity contribution in [1.29, 1.82) is 0 Å². The monoisotopic (exact) mass is 285 g/mol. The maximum absolute atomic E-state index is 11.0. The smallest absolute Gasteiger partial charge is 0.404 e. The molecule has 0 saturated carbocycles. The molecule has 0 aliphatic heterocycles. The standard InChI is InChI=1S/C13H19NO6/c1-4-11(15)19-7-6-10(14-13(17)18)8-9(3)20-12(16)5-2/h4-5,9-10,14H,1-2,6-8H2,3H3,(H,17,18). The van der Waals surface area contributed by atoms with Crippen LogP contribution in [0, 0.1) is 0 Å². The number of nitrogens with one attached hydrogen (secondary N) is 1. The van der Waals surface area contributed by atoms with E-state index in [1.807, 2.05) is 0 Å². The number of amides is 1. The second kappa shape index (κ2) is 9.60. The summed E-state index contributed by atoms with van der Waals surface area (Å²) in [7, 11) is 0. The summed E-state index contributed by atoms with van der Waals surface area (Å²) >= 11 is 0. The predicted octanol–water partition coefficient (Wildman–Crippen LogP) is 1.25. The summed E-state index contributed by atoms with van der Waals surface area (Å²) in [5, 5.41) is 11.0. The van der Waals surface area contributed by atoms with E-state index in [0.29, 0.717) is 0 Å². The van der Waals surface area contributed by atoms with Gasteiger partial charge in [-0.1, -0.05) is 13.2 Å². The van der Waals surface area contributed by atoms with Crippen molar-refractivity contribution >= 4 is 18.0 Å². The van der Waals surface area contributed by atoms with Gasteiger partial charge in [-0.3, -0.25) is 0 Å².